The molecule has 0 aromatic heterocycles. The number of benzene rings is 1. The summed E-state index contributed by atoms with van der Waals surface area (Å²) in [6, 6.07) is 6.11. The number of anilines is 1. The van der Waals surface area contributed by atoms with E-state index in [1.165, 1.54) is 0 Å². The highest BCUT2D eigenvalue weighted by Crippen LogP contribution is 2.25. The molecule has 118 valence electrons. The second-order valence-electron chi connectivity index (χ2n) is 6.30. The van der Waals surface area contributed by atoms with Crippen molar-refractivity contribution in [2.24, 2.45) is 5.73 Å². The van der Waals surface area contributed by atoms with Crippen molar-refractivity contribution in [3.8, 4) is 0 Å². The van der Waals surface area contributed by atoms with E-state index in [9.17, 15) is 4.39 Å². The van der Waals surface area contributed by atoms with E-state index in [0.29, 0.717) is 11.7 Å². The van der Waals surface area contributed by atoms with Gasteiger partial charge in [0.1, 0.15) is 5.82 Å². The van der Waals surface area contributed by atoms with E-state index in [0.717, 1.165) is 44.3 Å². The Morgan fingerprint density at radius 1 is 1.38 bits per heavy atom. The van der Waals surface area contributed by atoms with Crippen LogP contribution in [0.15, 0.2) is 18.2 Å². The molecule has 3 nitrogen and oxygen atoms in total. The number of halogens is 1. The van der Waals surface area contributed by atoms with E-state index >= 15 is 0 Å². The number of nitrogens with two attached hydrogens (primary N) is 1. The third-order valence-electron chi connectivity index (χ3n) is 4.65. The van der Waals surface area contributed by atoms with Crippen LogP contribution in [0.4, 0.5) is 10.1 Å². The molecule has 21 heavy (non-hydrogen) atoms. The largest absolute Gasteiger partial charge is 0.369 e. The predicted octanol–water partition coefficient (Wildman–Crippen LogP) is 2.64. The molecule has 0 radical (unpaired) electrons. The second-order valence-corrected chi connectivity index (χ2v) is 6.30. The molecule has 1 saturated heterocycles. The third-order valence-corrected chi connectivity index (χ3v) is 4.65. The van der Waals surface area contributed by atoms with Crippen molar-refractivity contribution < 1.29 is 4.39 Å². The zero-order valence-corrected chi connectivity index (χ0v) is 13.5. The van der Waals surface area contributed by atoms with Gasteiger partial charge in [-0.1, -0.05) is 13.0 Å². The van der Waals surface area contributed by atoms with E-state index < -0.39 is 0 Å². The Hall–Kier alpha value is -1.13. The van der Waals surface area contributed by atoms with Crippen molar-refractivity contribution in [2.45, 2.75) is 44.7 Å². The molecular formula is C17H28FN3. The quantitative estimate of drug-likeness (QED) is 0.906. The average Bonchev–Trinajstić information content (AvgIpc) is 2.47. The van der Waals surface area contributed by atoms with Gasteiger partial charge in [0.2, 0.25) is 0 Å². The third kappa shape index (κ3) is 4.17. The molecule has 2 rings (SSSR count). The number of nitrogens with zero attached hydrogens (tertiary/aromatic N) is 2. The van der Waals surface area contributed by atoms with Gasteiger partial charge in [0.15, 0.2) is 0 Å². The Morgan fingerprint density at radius 3 is 2.62 bits per heavy atom. The Labute approximate surface area is 127 Å². The first-order valence-corrected chi connectivity index (χ1v) is 7.96. The van der Waals surface area contributed by atoms with Crippen LogP contribution in [0.2, 0.25) is 0 Å². The first kappa shape index (κ1) is 16.2. The fourth-order valence-electron chi connectivity index (χ4n) is 2.99. The maximum atomic E-state index is 14.4. The molecule has 1 heterocycles. The van der Waals surface area contributed by atoms with Gasteiger partial charge in [-0.3, -0.25) is 0 Å². The molecule has 1 atom stereocenters. The zero-order chi connectivity index (χ0) is 15.4. The molecule has 1 aromatic rings. The van der Waals surface area contributed by atoms with Crippen molar-refractivity contribution in [1.82, 2.24) is 4.90 Å². The van der Waals surface area contributed by atoms with Crippen LogP contribution in [0.5, 0.6) is 0 Å². The van der Waals surface area contributed by atoms with Crippen LogP contribution in [-0.4, -0.2) is 44.2 Å². The van der Waals surface area contributed by atoms with Gasteiger partial charge in [-0.2, -0.15) is 0 Å². The summed E-state index contributed by atoms with van der Waals surface area (Å²) < 4.78 is 14.4. The van der Waals surface area contributed by atoms with Gasteiger partial charge in [-0.25, -0.2) is 4.39 Å². The lowest BCUT2D eigenvalue weighted by molar-refractivity contribution is 0.252. The van der Waals surface area contributed by atoms with Gasteiger partial charge in [0, 0.05) is 19.1 Å². The molecule has 1 aliphatic rings. The normalized spacial score (nSPS) is 18.7. The summed E-state index contributed by atoms with van der Waals surface area (Å²) in [5.41, 5.74) is 7.64. The monoisotopic (exact) mass is 293 g/mol. The second kappa shape index (κ2) is 7.23. The maximum Gasteiger partial charge on any atom is 0.146 e. The van der Waals surface area contributed by atoms with E-state index in [2.05, 4.69) is 23.8 Å². The van der Waals surface area contributed by atoms with Gasteiger partial charge in [0.05, 0.1) is 5.69 Å². The molecule has 1 unspecified atom stereocenters. The highest BCUT2D eigenvalue weighted by atomic mass is 19.1. The molecule has 4 heteroatoms. The summed E-state index contributed by atoms with van der Waals surface area (Å²) in [5, 5.41) is 0. The van der Waals surface area contributed by atoms with Crippen LogP contribution >= 0.6 is 0 Å². The van der Waals surface area contributed by atoms with Crippen LogP contribution in [-0.2, 0) is 6.42 Å². The average molecular weight is 293 g/mol. The van der Waals surface area contributed by atoms with Crippen LogP contribution < -0.4 is 10.6 Å². The minimum atomic E-state index is -0.128. The lowest BCUT2D eigenvalue weighted by atomic mass is 10.0. The zero-order valence-electron chi connectivity index (χ0n) is 13.5. The SMILES string of the molecule is CCC(N)Cc1ccc(N(C)C2CCN(C)CC2)c(F)c1. The maximum absolute atomic E-state index is 14.4. The van der Waals surface area contributed by atoms with E-state index in [4.69, 9.17) is 5.73 Å². The van der Waals surface area contributed by atoms with Crippen LogP contribution in [0.3, 0.4) is 0 Å². The molecule has 1 aliphatic heterocycles. The Kier molecular flexibility index (Phi) is 5.59. The molecule has 0 saturated carbocycles. The van der Waals surface area contributed by atoms with Crippen molar-refractivity contribution in [2.75, 3.05) is 32.1 Å². The number of rotatable bonds is 5. The molecular weight excluding hydrogens is 265 g/mol. The fourth-order valence-corrected chi connectivity index (χ4v) is 2.99. The molecule has 1 fully saturated rings. The van der Waals surface area contributed by atoms with Gasteiger partial charge in [-0.05, 0) is 63.5 Å². The van der Waals surface area contributed by atoms with Gasteiger partial charge >= 0.3 is 0 Å². The summed E-state index contributed by atoms with van der Waals surface area (Å²) in [6.07, 6.45) is 3.84. The highest BCUT2D eigenvalue weighted by molar-refractivity contribution is 5.49. The van der Waals surface area contributed by atoms with Crippen LogP contribution in [0.1, 0.15) is 31.7 Å². The molecule has 0 spiro atoms. The summed E-state index contributed by atoms with van der Waals surface area (Å²) in [5.74, 6) is -0.128. The standard InChI is InChI=1S/C17H28FN3/c1-4-14(19)11-13-5-6-17(16(18)12-13)21(3)15-7-9-20(2)10-8-15/h5-6,12,14-15H,4,7-11,19H2,1-3H3. The van der Waals surface area contributed by atoms with Gasteiger partial charge in [0.25, 0.3) is 0 Å². The molecule has 0 amide bonds. The van der Waals surface area contributed by atoms with Crippen LogP contribution in [0, 0.1) is 5.82 Å². The lowest BCUT2D eigenvalue weighted by Gasteiger charge is -2.36. The lowest BCUT2D eigenvalue weighted by Crippen LogP contribution is -2.42. The van der Waals surface area contributed by atoms with Crippen LogP contribution in [0.25, 0.3) is 0 Å². The summed E-state index contributed by atoms with van der Waals surface area (Å²) in [7, 11) is 4.15. The summed E-state index contributed by atoms with van der Waals surface area (Å²) in [4.78, 5) is 4.43. The number of hydrogen-bond acceptors (Lipinski definition) is 3. The first-order chi connectivity index (χ1) is 10.0. The van der Waals surface area contributed by atoms with Gasteiger partial charge < -0.3 is 15.5 Å². The van der Waals surface area contributed by atoms with E-state index in [1.54, 1.807) is 6.07 Å². The predicted molar refractivity (Wildman–Crippen MR) is 87.3 cm³/mol. The fraction of sp³-hybridized carbons (Fsp3) is 0.647. The van der Waals surface area contributed by atoms with Gasteiger partial charge in [-0.15, -0.1) is 0 Å². The summed E-state index contributed by atoms with van der Waals surface area (Å²) in [6.45, 7) is 4.23. The smallest absolute Gasteiger partial charge is 0.146 e. The van der Waals surface area contributed by atoms with E-state index in [-0.39, 0.29) is 11.9 Å². The molecule has 2 N–H and O–H groups in total. The molecule has 0 aliphatic carbocycles. The Bertz CT molecular complexity index is 455. The van der Waals surface area contributed by atoms with Crippen molar-refractivity contribution >= 4 is 5.69 Å². The summed E-state index contributed by atoms with van der Waals surface area (Å²) >= 11 is 0. The molecule has 1 aromatic carbocycles. The number of piperidine rings is 1. The van der Waals surface area contributed by atoms with Crippen molar-refractivity contribution in [3.05, 3.63) is 29.6 Å². The van der Waals surface area contributed by atoms with Crippen molar-refractivity contribution in [3.63, 3.8) is 0 Å². The number of likely N-dealkylation sites (tertiary alicyclic amines) is 1. The van der Waals surface area contributed by atoms with E-state index in [1.807, 2.05) is 19.2 Å². The highest BCUT2D eigenvalue weighted by Gasteiger charge is 2.22. The Balaban J connectivity index is 2.06. The molecule has 0 bridgehead atoms. The minimum Gasteiger partial charge on any atom is -0.369 e. The minimum absolute atomic E-state index is 0.113. The van der Waals surface area contributed by atoms with Crippen molar-refractivity contribution in [1.29, 1.82) is 0 Å². The topological polar surface area (TPSA) is 32.5 Å². The Morgan fingerprint density at radius 2 is 2.05 bits per heavy atom. The number of hydrogen-bond donors (Lipinski definition) is 1. The first-order valence-electron chi connectivity index (χ1n) is 7.96.